The fraction of sp³-hybridized carbons (Fsp3) is 0.429. The van der Waals surface area contributed by atoms with Crippen molar-refractivity contribution in [1.29, 1.82) is 0 Å². The standard InChI is InChI=1S/C28H34ClF2N3O3/c1-6-19(17-8-10-18(30)11-9-17)21(7-2)32-15-24(35)34(5)16-28(3,4)14-23-25-22(33-27(36)37-23)13-12-20(29)26(25)31/h7-13,19,23,32H,6,14-16H2,1-5H3,(H,33,36)/b21-7-. The Labute approximate surface area is 222 Å². The first-order valence-corrected chi connectivity index (χ1v) is 12.7. The van der Waals surface area contributed by atoms with E-state index in [1.54, 1.807) is 30.1 Å². The van der Waals surface area contributed by atoms with E-state index in [-0.39, 0.29) is 41.2 Å². The summed E-state index contributed by atoms with van der Waals surface area (Å²) in [5, 5.41) is 5.71. The molecule has 1 aliphatic rings. The van der Waals surface area contributed by atoms with Crippen molar-refractivity contribution in [3.8, 4) is 0 Å². The number of hydrogen-bond donors (Lipinski definition) is 2. The Bertz CT molecular complexity index is 1170. The minimum absolute atomic E-state index is 0.0107. The van der Waals surface area contributed by atoms with Crippen molar-refractivity contribution >= 4 is 29.3 Å². The summed E-state index contributed by atoms with van der Waals surface area (Å²) in [6, 6.07) is 9.33. The number of benzene rings is 2. The third-order valence-corrected chi connectivity index (χ3v) is 6.87. The minimum Gasteiger partial charge on any atom is -0.441 e. The molecule has 6 nitrogen and oxygen atoms in total. The van der Waals surface area contributed by atoms with E-state index in [2.05, 4.69) is 10.6 Å². The fourth-order valence-corrected chi connectivity index (χ4v) is 4.99. The van der Waals surface area contributed by atoms with E-state index in [0.717, 1.165) is 17.7 Å². The van der Waals surface area contributed by atoms with Gasteiger partial charge in [-0.05, 0) is 55.0 Å². The summed E-state index contributed by atoms with van der Waals surface area (Å²) >= 11 is 5.97. The van der Waals surface area contributed by atoms with Gasteiger partial charge in [0.2, 0.25) is 5.91 Å². The number of amides is 2. The molecule has 1 aliphatic heterocycles. The molecule has 2 aromatic rings. The number of halogens is 3. The lowest BCUT2D eigenvalue weighted by atomic mass is 9.83. The van der Waals surface area contributed by atoms with Crippen LogP contribution < -0.4 is 10.6 Å². The highest BCUT2D eigenvalue weighted by molar-refractivity contribution is 6.31. The first-order valence-electron chi connectivity index (χ1n) is 12.3. The summed E-state index contributed by atoms with van der Waals surface area (Å²) in [7, 11) is 1.71. The number of likely N-dealkylation sites (N-methyl/N-ethyl adjacent to an activating group) is 1. The van der Waals surface area contributed by atoms with Gasteiger partial charge in [0.05, 0.1) is 22.8 Å². The number of nitrogens with zero attached hydrogens (tertiary/aromatic N) is 1. The van der Waals surface area contributed by atoms with Gasteiger partial charge in [-0.2, -0.15) is 0 Å². The van der Waals surface area contributed by atoms with E-state index in [1.165, 1.54) is 18.2 Å². The van der Waals surface area contributed by atoms with Crippen molar-refractivity contribution in [2.75, 3.05) is 25.5 Å². The van der Waals surface area contributed by atoms with Crippen LogP contribution in [0.15, 0.2) is 48.2 Å². The van der Waals surface area contributed by atoms with Gasteiger partial charge in [-0.25, -0.2) is 13.6 Å². The second kappa shape index (κ2) is 11.9. The Hall–Kier alpha value is -3.13. The molecule has 2 atom stereocenters. The Morgan fingerprint density at radius 3 is 2.54 bits per heavy atom. The number of nitrogens with one attached hydrogen (secondary N) is 2. The molecule has 2 unspecified atom stereocenters. The zero-order valence-corrected chi connectivity index (χ0v) is 22.6. The predicted octanol–water partition coefficient (Wildman–Crippen LogP) is 6.78. The number of carbonyl (C=O) groups excluding carboxylic acids is 2. The van der Waals surface area contributed by atoms with Crippen molar-refractivity contribution in [2.24, 2.45) is 5.41 Å². The zero-order chi connectivity index (χ0) is 27.3. The van der Waals surface area contributed by atoms with Gasteiger partial charge >= 0.3 is 6.09 Å². The van der Waals surface area contributed by atoms with Gasteiger partial charge in [0, 0.05) is 25.2 Å². The second-order valence-electron chi connectivity index (χ2n) is 10.1. The lowest BCUT2D eigenvalue weighted by Crippen LogP contribution is -2.42. The average molecular weight is 534 g/mol. The second-order valence-corrected chi connectivity index (χ2v) is 10.5. The van der Waals surface area contributed by atoms with Crippen LogP contribution >= 0.6 is 11.6 Å². The minimum atomic E-state index is -0.838. The summed E-state index contributed by atoms with van der Waals surface area (Å²) in [6.07, 6.45) is 1.51. The highest BCUT2D eigenvalue weighted by atomic mass is 35.5. The molecule has 0 bridgehead atoms. The molecule has 0 radical (unpaired) electrons. The molecular formula is C28H34ClF2N3O3. The molecule has 2 aromatic carbocycles. The third kappa shape index (κ3) is 7.01. The van der Waals surface area contributed by atoms with E-state index in [4.69, 9.17) is 16.3 Å². The Balaban J connectivity index is 1.64. The summed E-state index contributed by atoms with van der Waals surface area (Å²) in [4.78, 5) is 26.6. The number of cyclic esters (lactones) is 1. The van der Waals surface area contributed by atoms with Gasteiger partial charge < -0.3 is 15.0 Å². The van der Waals surface area contributed by atoms with E-state index in [9.17, 15) is 18.4 Å². The lowest BCUT2D eigenvalue weighted by molar-refractivity contribution is -0.130. The number of rotatable bonds is 10. The maximum atomic E-state index is 14.8. The molecule has 2 amide bonds. The van der Waals surface area contributed by atoms with Gasteiger partial charge in [-0.1, -0.05) is 50.6 Å². The molecule has 0 saturated carbocycles. The van der Waals surface area contributed by atoms with Gasteiger partial charge in [-0.15, -0.1) is 0 Å². The van der Waals surface area contributed by atoms with Crippen molar-refractivity contribution in [1.82, 2.24) is 10.2 Å². The fourth-order valence-electron chi connectivity index (χ4n) is 4.83. The first-order chi connectivity index (χ1) is 17.5. The predicted molar refractivity (Wildman–Crippen MR) is 141 cm³/mol. The summed E-state index contributed by atoms with van der Waals surface area (Å²) < 4.78 is 33.6. The number of anilines is 1. The quantitative estimate of drug-likeness (QED) is 0.353. The number of hydrogen-bond acceptors (Lipinski definition) is 4. The molecule has 0 aromatic heterocycles. The first kappa shape index (κ1) is 28.4. The van der Waals surface area contributed by atoms with E-state index in [0.29, 0.717) is 12.2 Å². The van der Waals surface area contributed by atoms with Crippen LogP contribution in [-0.2, 0) is 9.53 Å². The molecule has 37 heavy (non-hydrogen) atoms. The zero-order valence-electron chi connectivity index (χ0n) is 21.8. The number of allylic oxidation sites excluding steroid dienone is 2. The van der Waals surface area contributed by atoms with Crippen LogP contribution in [0.4, 0.5) is 19.3 Å². The van der Waals surface area contributed by atoms with Crippen LogP contribution in [0.5, 0.6) is 0 Å². The van der Waals surface area contributed by atoms with Crippen molar-refractivity contribution in [3.63, 3.8) is 0 Å². The molecule has 3 rings (SSSR count). The van der Waals surface area contributed by atoms with Gasteiger partial charge in [0.25, 0.3) is 0 Å². The van der Waals surface area contributed by atoms with Crippen LogP contribution in [0.1, 0.15) is 63.7 Å². The highest BCUT2D eigenvalue weighted by Crippen LogP contribution is 2.42. The maximum Gasteiger partial charge on any atom is 0.412 e. The average Bonchev–Trinajstić information content (AvgIpc) is 2.83. The normalized spacial score (nSPS) is 16.4. The van der Waals surface area contributed by atoms with Crippen molar-refractivity contribution in [2.45, 2.75) is 52.6 Å². The molecule has 0 aliphatic carbocycles. The molecule has 0 fully saturated rings. The largest absolute Gasteiger partial charge is 0.441 e. The van der Waals surface area contributed by atoms with Gasteiger partial charge in [0.15, 0.2) is 5.82 Å². The summed E-state index contributed by atoms with van der Waals surface area (Å²) in [5.41, 5.74) is 1.89. The van der Waals surface area contributed by atoms with Gasteiger partial charge in [-0.3, -0.25) is 10.1 Å². The van der Waals surface area contributed by atoms with Crippen LogP contribution in [0.25, 0.3) is 0 Å². The molecule has 2 N–H and O–H groups in total. The van der Waals surface area contributed by atoms with Crippen LogP contribution in [0.2, 0.25) is 5.02 Å². The number of carbonyl (C=O) groups is 2. The van der Waals surface area contributed by atoms with Crippen molar-refractivity contribution < 1.29 is 23.1 Å². The van der Waals surface area contributed by atoms with E-state index >= 15 is 0 Å². The smallest absolute Gasteiger partial charge is 0.412 e. The Kier molecular flexibility index (Phi) is 9.18. The van der Waals surface area contributed by atoms with E-state index in [1.807, 2.05) is 33.8 Å². The summed E-state index contributed by atoms with van der Waals surface area (Å²) in [5.74, 6) is -1.03. The van der Waals surface area contributed by atoms with E-state index < -0.39 is 23.4 Å². The molecule has 9 heteroatoms. The Morgan fingerprint density at radius 1 is 1.24 bits per heavy atom. The SMILES string of the molecule is C/C=C(\NCC(=O)N(C)CC(C)(C)CC1OC(=O)Nc2ccc(Cl)c(F)c21)C(CC)c1ccc(F)cc1. The molecule has 200 valence electrons. The van der Waals surface area contributed by atoms with Gasteiger partial charge in [0.1, 0.15) is 11.9 Å². The molecule has 0 spiro atoms. The maximum absolute atomic E-state index is 14.8. The Morgan fingerprint density at radius 2 is 1.92 bits per heavy atom. The van der Waals surface area contributed by atoms with Crippen LogP contribution in [-0.4, -0.2) is 37.0 Å². The number of fused-ring (bicyclic) bond motifs is 1. The molecule has 1 heterocycles. The summed E-state index contributed by atoms with van der Waals surface area (Å²) in [6.45, 7) is 8.24. The van der Waals surface area contributed by atoms with Crippen LogP contribution in [0.3, 0.4) is 0 Å². The third-order valence-electron chi connectivity index (χ3n) is 6.58. The van der Waals surface area contributed by atoms with Crippen molar-refractivity contribution in [3.05, 3.63) is 76.0 Å². The molecule has 0 saturated heterocycles. The topological polar surface area (TPSA) is 70.7 Å². The highest BCUT2D eigenvalue weighted by Gasteiger charge is 2.36. The monoisotopic (exact) mass is 533 g/mol. The van der Waals surface area contributed by atoms with Crippen LogP contribution in [0, 0.1) is 17.0 Å². The molecular weight excluding hydrogens is 500 g/mol. The number of ether oxygens (including phenoxy) is 1. The lowest BCUT2D eigenvalue weighted by Gasteiger charge is -2.35.